The Balaban J connectivity index is 1.46. The third kappa shape index (κ3) is 4.76. The van der Waals surface area contributed by atoms with Crippen LogP contribution in [0.5, 0.6) is 0 Å². The molecule has 0 aliphatic rings. The van der Waals surface area contributed by atoms with Gasteiger partial charge in [0.25, 0.3) is 0 Å². The standard InChI is InChI=1S/C28H22F2N6O2S/c1-15-3-6-31-14-21(15)17-12-20-25(22(30)13-17)35-36-26(20)28-33-23-4-7-32-24(27(23)34-28)18-9-16(10-19(29)11-18)5-8-39(2,37)38/h3-4,6-7,9-14H,5,8H2,1-2H3,(H,33,34)(H,35,36). The molecule has 0 aliphatic carbocycles. The fourth-order valence-electron chi connectivity index (χ4n) is 4.68. The molecule has 4 heterocycles. The van der Waals surface area contributed by atoms with Crippen LogP contribution in [0.2, 0.25) is 0 Å². The second-order valence-electron chi connectivity index (χ2n) is 9.51. The lowest BCUT2D eigenvalue weighted by Gasteiger charge is -2.06. The summed E-state index contributed by atoms with van der Waals surface area (Å²) in [5.74, 6) is -0.661. The van der Waals surface area contributed by atoms with Crippen molar-refractivity contribution in [2.75, 3.05) is 12.0 Å². The number of sulfone groups is 1. The maximum Gasteiger partial charge on any atom is 0.157 e. The molecule has 0 saturated heterocycles. The fourth-order valence-corrected chi connectivity index (χ4v) is 5.28. The monoisotopic (exact) mass is 544 g/mol. The zero-order valence-electron chi connectivity index (χ0n) is 21.0. The largest absolute Gasteiger partial charge is 0.337 e. The number of halogens is 2. The molecule has 0 aliphatic heterocycles. The number of aromatic nitrogens is 6. The van der Waals surface area contributed by atoms with E-state index in [2.05, 4.69) is 25.1 Å². The number of fused-ring (bicyclic) bond motifs is 2. The van der Waals surface area contributed by atoms with Gasteiger partial charge in [0, 0.05) is 41.4 Å². The molecule has 0 atom stereocenters. The molecule has 2 N–H and O–H groups in total. The summed E-state index contributed by atoms with van der Waals surface area (Å²) in [6.45, 7) is 1.93. The van der Waals surface area contributed by atoms with Gasteiger partial charge in [-0.2, -0.15) is 5.10 Å². The van der Waals surface area contributed by atoms with E-state index in [4.69, 9.17) is 4.98 Å². The maximum absolute atomic E-state index is 15.1. The van der Waals surface area contributed by atoms with Gasteiger partial charge in [0.05, 0.1) is 17.0 Å². The van der Waals surface area contributed by atoms with Gasteiger partial charge in [-0.3, -0.25) is 15.1 Å². The summed E-state index contributed by atoms with van der Waals surface area (Å²) >= 11 is 0. The van der Waals surface area contributed by atoms with Gasteiger partial charge < -0.3 is 4.98 Å². The summed E-state index contributed by atoms with van der Waals surface area (Å²) in [7, 11) is -3.21. The van der Waals surface area contributed by atoms with Crippen molar-refractivity contribution in [1.82, 2.24) is 30.1 Å². The summed E-state index contributed by atoms with van der Waals surface area (Å²) in [5.41, 5.74) is 5.64. The first-order valence-corrected chi connectivity index (χ1v) is 14.1. The van der Waals surface area contributed by atoms with Crippen molar-refractivity contribution in [3.63, 3.8) is 0 Å². The number of benzene rings is 2. The van der Waals surface area contributed by atoms with E-state index in [0.29, 0.717) is 50.3 Å². The Morgan fingerprint density at radius 2 is 1.82 bits per heavy atom. The molecular weight excluding hydrogens is 522 g/mol. The number of rotatable bonds is 6. The Kier molecular flexibility index (Phi) is 5.95. The van der Waals surface area contributed by atoms with E-state index in [-0.39, 0.29) is 17.7 Å². The predicted octanol–water partition coefficient (Wildman–Crippen LogP) is 5.40. The van der Waals surface area contributed by atoms with Crippen molar-refractivity contribution in [2.45, 2.75) is 13.3 Å². The molecule has 2 aromatic carbocycles. The van der Waals surface area contributed by atoms with Gasteiger partial charge in [0.1, 0.15) is 32.4 Å². The van der Waals surface area contributed by atoms with Crippen LogP contribution in [0, 0.1) is 18.6 Å². The first-order chi connectivity index (χ1) is 18.7. The molecule has 0 unspecified atom stereocenters. The third-order valence-corrected chi connectivity index (χ3v) is 7.54. The quantitative estimate of drug-likeness (QED) is 0.290. The Bertz CT molecular complexity index is 2000. The highest BCUT2D eigenvalue weighted by Crippen LogP contribution is 2.34. The van der Waals surface area contributed by atoms with Gasteiger partial charge in [-0.25, -0.2) is 22.2 Å². The molecule has 8 nitrogen and oxygen atoms in total. The van der Waals surface area contributed by atoms with Crippen LogP contribution < -0.4 is 0 Å². The summed E-state index contributed by atoms with van der Waals surface area (Å²) in [4.78, 5) is 16.6. The van der Waals surface area contributed by atoms with Crippen LogP contribution in [-0.2, 0) is 16.3 Å². The van der Waals surface area contributed by atoms with Crippen molar-refractivity contribution < 1.29 is 17.2 Å². The molecule has 4 aromatic heterocycles. The molecule has 0 amide bonds. The normalized spacial score (nSPS) is 12.0. The van der Waals surface area contributed by atoms with Crippen LogP contribution in [0.3, 0.4) is 0 Å². The molecule has 39 heavy (non-hydrogen) atoms. The molecule has 6 rings (SSSR count). The zero-order valence-corrected chi connectivity index (χ0v) is 21.8. The topological polar surface area (TPSA) is 117 Å². The minimum absolute atomic E-state index is 0.0932. The highest BCUT2D eigenvalue weighted by molar-refractivity contribution is 7.90. The predicted molar refractivity (Wildman–Crippen MR) is 146 cm³/mol. The van der Waals surface area contributed by atoms with Crippen LogP contribution in [-0.4, -0.2) is 50.6 Å². The van der Waals surface area contributed by atoms with E-state index < -0.39 is 21.5 Å². The van der Waals surface area contributed by atoms with Gasteiger partial charge in [-0.15, -0.1) is 0 Å². The molecule has 0 fully saturated rings. The van der Waals surface area contributed by atoms with Gasteiger partial charge in [0.15, 0.2) is 11.6 Å². The van der Waals surface area contributed by atoms with E-state index in [1.165, 1.54) is 18.2 Å². The van der Waals surface area contributed by atoms with Gasteiger partial charge in [0.2, 0.25) is 0 Å². The van der Waals surface area contributed by atoms with Crippen molar-refractivity contribution >= 4 is 31.8 Å². The highest BCUT2D eigenvalue weighted by atomic mass is 32.2. The average molecular weight is 545 g/mol. The summed E-state index contributed by atoms with van der Waals surface area (Å²) in [5, 5.41) is 7.61. The lowest BCUT2D eigenvalue weighted by molar-refractivity contribution is 0.600. The number of aryl methyl sites for hydroxylation is 2. The van der Waals surface area contributed by atoms with Crippen molar-refractivity contribution in [3.8, 4) is 33.9 Å². The summed E-state index contributed by atoms with van der Waals surface area (Å²) < 4.78 is 52.8. The second-order valence-corrected chi connectivity index (χ2v) is 11.8. The molecule has 0 bridgehead atoms. The fraction of sp³-hybridized carbons (Fsp3) is 0.143. The van der Waals surface area contributed by atoms with Gasteiger partial charge in [-0.05, 0) is 72.5 Å². The second kappa shape index (κ2) is 9.35. The van der Waals surface area contributed by atoms with E-state index in [1.54, 1.807) is 30.7 Å². The van der Waals surface area contributed by atoms with E-state index >= 15 is 4.39 Å². The Morgan fingerprint density at radius 1 is 0.974 bits per heavy atom. The third-order valence-electron chi connectivity index (χ3n) is 6.59. The number of imidazole rings is 1. The van der Waals surface area contributed by atoms with Crippen LogP contribution in [0.15, 0.2) is 61.1 Å². The lowest BCUT2D eigenvalue weighted by Crippen LogP contribution is -2.06. The van der Waals surface area contributed by atoms with Crippen molar-refractivity contribution in [3.05, 3.63) is 83.8 Å². The summed E-state index contributed by atoms with van der Waals surface area (Å²) in [6, 6.07) is 11.2. The number of pyridine rings is 2. The Morgan fingerprint density at radius 3 is 2.62 bits per heavy atom. The number of aromatic amines is 2. The van der Waals surface area contributed by atoms with Crippen LogP contribution >= 0.6 is 0 Å². The molecule has 0 spiro atoms. The molecule has 11 heteroatoms. The molecule has 196 valence electrons. The number of hydrogen-bond acceptors (Lipinski definition) is 6. The number of hydrogen-bond donors (Lipinski definition) is 2. The molecule has 0 saturated carbocycles. The number of H-pyrrole nitrogens is 2. The SMILES string of the molecule is Cc1ccncc1-c1cc(F)c2n[nH]c(-c3nc4c(-c5cc(F)cc(CCS(C)(=O)=O)c5)nccc4[nH]3)c2c1. The number of nitrogens with one attached hydrogen (secondary N) is 2. The van der Waals surface area contributed by atoms with Crippen molar-refractivity contribution in [2.24, 2.45) is 0 Å². The van der Waals surface area contributed by atoms with Crippen LogP contribution in [0.25, 0.3) is 55.8 Å². The van der Waals surface area contributed by atoms with Crippen LogP contribution in [0.4, 0.5) is 8.78 Å². The number of nitrogens with zero attached hydrogens (tertiary/aromatic N) is 4. The average Bonchev–Trinajstić information content (AvgIpc) is 3.51. The van der Waals surface area contributed by atoms with E-state index in [0.717, 1.165) is 17.4 Å². The minimum Gasteiger partial charge on any atom is -0.337 e. The summed E-state index contributed by atoms with van der Waals surface area (Å²) in [6.07, 6.45) is 6.28. The van der Waals surface area contributed by atoms with Crippen LogP contribution in [0.1, 0.15) is 11.1 Å². The first-order valence-electron chi connectivity index (χ1n) is 12.1. The molecule has 6 aromatic rings. The van der Waals surface area contributed by atoms with E-state index in [1.807, 2.05) is 19.1 Å². The zero-order chi connectivity index (χ0) is 27.3. The Labute approximate surface area is 222 Å². The molecule has 0 radical (unpaired) electrons. The first kappa shape index (κ1) is 24.8. The van der Waals surface area contributed by atoms with Gasteiger partial charge >= 0.3 is 0 Å². The smallest absolute Gasteiger partial charge is 0.157 e. The van der Waals surface area contributed by atoms with Gasteiger partial charge in [-0.1, -0.05) is 0 Å². The van der Waals surface area contributed by atoms with E-state index in [9.17, 15) is 12.8 Å². The maximum atomic E-state index is 15.1. The highest BCUT2D eigenvalue weighted by Gasteiger charge is 2.19. The minimum atomic E-state index is -3.21. The lowest BCUT2D eigenvalue weighted by atomic mass is 10.0. The Hall–Kier alpha value is -4.51. The van der Waals surface area contributed by atoms with Crippen molar-refractivity contribution in [1.29, 1.82) is 0 Å². The molecular formula is C28H22F2N6O2S.